The molecule has 0 heterocycles. The molecule has 0 aromatic heterocycles. The first-order valence-corrected chi connectivity index (χ1v) is 7.96. The highest BCUT2D eigenvalue weighted by molar-refractivity contribution is 9.10. The second kappa shape index (κ2) is 6.58. The maximum absolute atomic E-state index is 3.58. The fourth-order valence-electron chi connectivity index (χ4n) is 1.97. The number of hydrogen-bond donors (Lipinski definition) is 1. The van der Waals surface area contributed by atoms with E-state index in [0.29, 0.717) is 0 Å². The number of rotatable bonds is 4. The molecule has 0 bridgehead atoms. The Hall–Kier alpha value is -0.800. The molecule has 0 aliphatic carbocycles. The van der Waals surface area contributed by atoms with Crippen molar-refractivity contribution in [1.29, 1.82) is 0 Å². The van der Waals surface area contributed by atoms with Gasteiger partial charge in [-0.3, -0.25) is 0 Å². The van der Waals surface area contributed by atoms with Crippen molar-refractivity contribution in [3.05, 3.63) is 62.0 Å². The van der Waals surface area contributed by atoms with Gasteiger partial charge in [0.1, 0.15) is 0 Å². The van der Waals surface area contributed by atoms with Crippen molar-refractivity contribution in [1.82, 2.24) is 0 Å². The smallest absolute Gasteiger partial charge is 0.0401 e. The van der Waals surface area contributed by atoms with Crippen LogP contribution in [0.3, 0.4) is 0 Å². The molecule has 0 fully saturated rings. The molecule has 2 rings (SSSR count). The average molecular weight is 383 g/mol. The number of nitrogens with one attached hydrogen (secondary N) is 1. The standard InChI is InChI=1S/C16H17Br2N/c1-3-13-9-14(17)6-7-16(13)19-10-12-5-4-11(2)15(18)8-12/h4-9,19H,3,10H2,1-2H3. The largest absolute Gasteiger partial charge is 0.381 e. The van der Waals surface area contributed by atoms with E-state index in [4.69, 9.17) is 0 Å². The lowest BCUT2D eigenvalue weighted by Crippen LogP contribution is -2.02. The van der Waals surface area contributed by atoms with Crippen molar-refractivity contribution in [3.8, 4) is 0 Å². The molecular formula is C16H17Br2N. The highest BCUT2D eigenvalue weighted by Gasteiger charge is 2.02. The minimum absolute atomic E-state index is 0.841. The van der Waals surface area contributed by atoms with Crippen LogP contribution < -0.4 is 5.32 Å². The fourth-order valence-corrected chi connectivity index (χ4v) is 2.81. The SMILES string of the molecule is CCc1cc(Br)ccc1NCc1ccc(C)c(Br)c1. The van der Waals surface area contributed by atoms with Gasteiger partial charge in [-0.15, -0.1) is 0 Å². The van der Waals surface area contributed by atoms with Gasteiger partial charge in [0.05, 0.1) is 0 Å². The third kappa shape index (κ3) is 3.83. The van der Waals surface area contributed by atoms with Gasteiger partial charge in [0.15, 0.2) is 0 Å². The van der Waals surface area contributed by atoms with E-state index in [2.05, 4.69) is 87.4 Å². The number of aryl methyl sites for hydroxylation is 2. The fraction of sp³-hybridized carbons (Fsp3) is 0.250. The molecule has 0 spiro atoms. The Morgan fingerprint density at radius 1 is 1.05 bits per heavy atom. The van der Waals surface area contributed by atoms with Crippen molar-refractivity contribution in [3.63, 3.8) is 0 Å². The highest BCUT2D eigenvalue weighted by Crippen LogP contribution is 2.23. The molecule has 0 saturated carbocycles. The van der Waals surface area contributed by atoms with Crippen LogP contribution in [0.5, 0.6) is 0 Å². The first-order valence-electron chi connectivity index (χ1n) is 6.37. The third-order valence-electron chi connectivity index (χ3n) is 3.17. The quantitative estimate of drug-likeness (QED) is 0.715. The first kappa shape index (κ1) is 14.6. The summed E-state index contributed by atoms with van der Waals surface area (Å²) in [7, 11) is 0. The molecule has 0 atom stereocenters. The minimum atomic E-state index is 0.841. The Bertz CT molecular complexity index is 579. The summed E-state index contributed by atoms with van der Waals surface area (Å²) in [6, 6.07) is 12.9. The molecule has 3 heteroatoms. The van der Waals surface area contributed by atoms with Gasteiger partial charge in [0, 0.05) is 21.2 Å². The summed E-state index contributed by atoms with van der Waals surface area (Å²) in [5, 5.41) is 3.51. The first-order chi connectivity index (χ1) is 9.10. The average Bonchev–Trinajstić information content (AvgIpc) is 2.41. The van der Waals surface area contributed by atoms with Gasteiger partial charge in [-0.2, -0.15) is 0 Å². The lowest BCUT2D eigenvalue weighted by Gasteiger charge is -2.12. The van der Waals surface area contributed by atoms with Gasteiger partial charge in [-0.25, -0.2) is 0 Å². The van der Waals surface area contributed by atoms with Crippen LogP contribution in [-0.4, -0.2) is 0 Å². The van der Waals surface area contributed by atoms with Crippen LogP contribution in [0.2, 0.25) is 0 Å². The molecule has 0 amide bonds. The van der Waals surface area contributed by atoms with E-state index < -0.39 is 0 Å². The summed E-state index contributed by atoms with van der Waals surface area (Å²) in [5.41, 5.74) is 5.09. The second-order valence-corrected chi connectivity index (χ2v) is 6.36. The van der Waals surface area contributed by atoms with Crippen LogP contribution >= 0.6 is 31.9 Å². The molecule has 0 aliphatic rings. The molecule has 100 valence electrons. The Labute approximate surface area is 131 Å². The molecule has 1 N–H and O–H groups in total. The van der Waals surface area contributed by atoms with Gasteiger partial charge in [0.2, 0.25) is 0 Å². The maximum Gasteiger partial charge on any atom is 0.0401 e. The van der Waals surface area contributed by atoms with Crippen molar-refractivity contribution < 1.29 is 0 Å². The lowest BCUT2D eigenvalue weighted by molar-refractivity contribution is 1.09. The molecule has 19 heavy (non-hydrogen) atoms. The van der Waals surface area contributed by atoms with E-state index in [-0.39, 0.29) is 0 Å². The summed E-state index contributed by atoms with van der Waals surface area (Å²) >= 11 is 7.09. The van der Waals surface area contributed by atoms with Crippen molar-refractivity contribution in [2.75, 3.05) is 5.32 Å². The van der Waals surface area contributed by atoms with Gasteiger partial charge < -0.3 is 5.32 Å². The van der Waals surface area contributed by atoms with E-state index >= 15 is 0 Å². The van der Waals surface area contributed by atoms with Crippen molar-refractivity contribution in [2.24, 2.45) is 0 Å². The maximum atomic E-state index is 3.58. The predicted octanol–water partition coefficient (Wildman–Crippen LogP) is 5.69. The van der Waals surface area contributed by atoms with Crippen molar-refractivity contribution in [2.45, 2.75) is 26.8 Å². The van der Waals surface area contributed by atoms with Crippen LogP contribution in [0.15, 0.2) is 45.3 Å². The Morgan fingerprint density at radius 2 is 1.84 bits per heavy atom. The zero-order valence-corrected chi connectivity index (χ0v) is 14.3. The Kier molecular flexibility index (Phi) is 5.06. The summed E-state index contributed by atoms with van der Waals surface area (Å²) in [6.07, 6.45) is 1.03. The number of anilines is 1. The van der Waals surface area contributed by atoms with Crippen molar-refractivity contribution >= 4 is 37.5 Å². The van der Waals surface area contributed by atoms with Crippen LogP contribution in [0, 0.1) is 6.92 Å². The molecule has 0 radical (unpaired) electrons. The summed E-state index contributed by atoms with van der Waals surface area (Å²) in [5.74, 6) is 0. The van der Waals surface area contributed by atoms with E-state index in [1.165, 1.54) is 26.9 Å². The van der Waals surface area contributed by atoms with Gasteiger partial charge >= 0.3 is 0 Å². The van der Waals surface area contributed by atoms with Gasteiger partial charge in [-0.1, -0.05) is 50.9 Å². The minimum Gasteiger partial charge on any atom is -0.381 e. The van der Waals surface area contributed by atoms with E-state index in [1.807, 2.05) is 0 Å². The van der Waals surface area contributed by atoms with Gasteiger partial charge in [-0.05, 0) is 54.3 Å². The number of hydrogen-bond acceptors (Lipinski definition) is 1. The Morgan fingerprint density at radius 3 is 2.53 bits per heavy atom. The topological polar surface area (TPSA) is 12.0 Å². The molecule has 0 unspecified atom stereocenters. The molecule has 0 aliphatic heterocycles. The van der Waals surface area contributed by atoms with Crippen LogP contribution in [-0.2, 0) is 13.0 Å². The number of benzene rings is 2. The molecular weight excluding hydrogens is 366 g/mol. The van der Waals surface area contributed by atoms with Crippen LogP contribution in [0.25, 0.3) is 0 Å². The molecule has 2 aromatic rings. The highest BCUT2D eigenvalue weighted by atomic mass is 79.9. The third-order valence-corrected chi connectivity index (χ3v) is 4.51. The van der Waals surface area contributed by atoms with Crippen LogP contribution in [0.1, 0.15) is 23.6 Å². The molecule has 0 saturated heterocycles. The van der Waals surface area contributed by atoms with E-state index in [9.17, 15) is 0 Å². The normalized spacial score (nSPS) is 10.5. The van der Waals surface area contributed by atoms with Crippen LogP contribution in [0.4, 0.5) is 5.69 Å². The molecule has 2 aromatic carbocycles. The predicted molar refractivity (Wildman–Crippen MR) is 89.7 cm³/mol. The lowest BCUT2D eigenvalue weighted by atomic mass is 10.1. The number of halogens is 2. The monoisotopic (exact) mass is 381 g/mol. The zero-order valence-electron chi connectivity index (χ0n) is 11.1. The van der Waals surface area contributed by atoms with Gasteiger partial charge in [0.25, 0.3) is 0 Å². The molecule has 1 nitrogen and oxygen atoms in total. The summed E-state index contributed by atoms with van der Waals surface area (Å²) in [4.78, 5) is 0. The van der Waals surface area contributed by atoms with E-state index in [1.54, 1.807) is 0 Å². The zero-order chi connectivity index (χ0) is 13.8. The Balaban J connectivity index is 2.12. The summed E-state index contributed by atoms with van der Waals surface area (Å²) < 4.78 is 2.30. The second-order valence-electron chi connectivity index (χ2n) is 4.59. The summed E-state index contributed by atoms with van der Waals surface area (Å²) in [6.45, 7) is 5.12. The van der Waals surface area contributed by atoms with E-state index in [0.717, 1.165) is 17.4 Å².